The predicted molar refractivity (Wildman–Crippen MR) is 73.4 cm³/mol. The lowest BCUT2D eigenvalue weighted by atomic mass is 9.98. The van der Waals surface area contributed by atoms with Gasteiger partial charge in [-0.3, -0.25) is 0 Å². The van der Waals surface area contributed by atoms with Crippen molar-refractivity contribution in [3.05, 3.63) is 23.9 Å². The second-order valence-corrected chi connectivity index (χ2v) is 5.20. The minimum atomic E-state index is -0.625. The lowest BCUT2D eigenvalue weighted by Gasteiger charge is -2.24. The third-order valence-electron chi connectivity index (χ3n) is 3.53. The largest absolute Gasteiger partial charge is 0.409 e. The van der Waals surface area contributed by atoms with Crippen molar-refractivity contribution in [3.63, 3.8) is 0 Å². The van der Waals surface area contributed by atoms with Crippen molar-refractivity contribution in [1.29, 1.82) is 0 Å². The lowest BCUT2D eigenvalue weighted by molar-refractivity contribution is 0.0481. The van der Waals surface area contributed by atoms with Crippen LogP contribution in [0.3, 0.4) is 0 Å². The number of nitrogens with zero attached hydrogens (tertiary/aromatic N) is 3. The minimum Gasteiger partial charge on any atom is -0.409 e. The van der Waals surface area contributed by atoms with E-state index in [0.717, 1.165) is 19.4 Å². The number of amidine groups is 1. The van der Waals surface area contributed by atoms with E-state index in [4.69, 9.17) is 10.9 Å². The Bertz CT molecular complexity index is 473. The Kier molecular flexibility index (Phi) is 3.90. The highest BCUT2D eigenvalue weighted by Crippen LogP contribution is 2.25. The standard InChI is InChI=1S/C13H20N4O2/c1-13(18)5-3-8-17(9-6-13)12-10(11(14)16-19)4-2-7-15-12/h2,4,7,18-19H,3,5-6,8-9H2,1H3,(H2,14,16). The summed E-state index contributed by atoms with van der Waals surface area (Å²) in [6.07, 6.45) is 4.03. The number of anilines is 1. The van der Waals surface area contributed by atoms with Crippen LogP contribution in [0.15, 0.2) is 23.5 Å². The molecule has 2 rings (SSSR count). The quantitative estimate of drug-likeness (QED) is 0.319. The van der Waals surface area contributed by atoms with E-state index in [9.17, 15) is 5.11 Å². The molecule has 0 bridgehead atoms. The maximum absolute atomic E-state index is 10.1. The van der Waals surface area contributed by atoms with Gasteiger partial charge in [-0.05, 0) is 38.3 Å². The van der Waals surface area contributed by atoms with Crippen LogP contribution in [0.4, 0.5) is 5.82 Å². The maximum atomic E-state index is 10.1. The summed E-state index contributed by atoms with van der Waals surface area (Å²) in [7, 11) is 0. The molecule has 1 fully saturated rings. The van der Waals surface area contributed by atoms with Crippen molar-refractivity contribution in [2.45, 2.75) is 31.8 Å². The first-order valence-corrected chi connectivity index (χ1v) is 6.44. The number of hydrogen-bond acceptors (Lipinski definition) is 5. The highest BCUT2D eigenvalue weighted by Gasteiger charge is 2.26. The van der Waals surface area contributed by atoms with Crippen LogP contribution < -0.4 is 10.6 Å². The Morgan fingerprint density at radius 3 is 3.00 bits per heavy atom. The molecule has 0 spiro atoms. The molecule has 1 aromatic rings. The minimum absolute atomic E-state index is 0.0547. The number of oxime groups is 1. The molecular formula is C13H20N4O2. The van der Waals surface area contributed by atoms with Gasteiger partial charge in [0, 0.05) is 19.3 Å². The van der Waals surface area contributed by atoms with Gasteiger partial charge >= 0.3 is 0 Å². The van der Waals surface area contributed by atoms with E-state index in [-0.39, 0.29) is 5.84 Å². The summed E-state index contributed by atoms with van der Waals surface area (Å²) in [4.78, 5) is 6.41. The van der Waals surface area contributed by atoms with Gasteiger partial charge in [-0.1, -0.05) is 5.16 Å². The Morgan fingerprint density at radius 1 is 1.47 bits per heavy atom. The van der Waals surface area contributed by atoms with Crippen LogP contribution >= 0.6 is 0 Å². The monoisotopic (exact) mass is 264 g/mol. The maximum Gasteiger partial charge on any atom is 0.173 e. The zero-order valence-corrected chi connectivity index (χ0v) is 11.1. The average Bonchev–Trinajstić information content (AvgIpc) is 2.59. The summed E-state index contributed by atoms with van der Waals surface area (Å²) in [5.41, 5.74) is 5.67. The van der Waals surface area contributed by atoms with Crippen LogP contribution in [0.1, 0.15) is 31.7 Å². The summed E-state index contributed by atoms with van der Waals surface area (Å²) in [5, 5.41) is 22.0. The van der Waals surface area contributed by atoms with Crippen molar-refractivity contribution < 1.29 is 10.3 Å². The summed E-state index contributed by atoms with van der Waals surface area (Å²) in [6, 6.07) is 3.53. The summed E-state index contributed by atoms with van der Waals surface area (Å²) in [6.45, 7) is 3.37. The Labute approximate surface area is 112 Å². The molecule has 2 heterocycles. The highest BCUT2D eigenvalue weighted by molar-refractivity contribution is 6.01. The van der Waals surface area contributed by atoms with Gasteiger partial charge in [-0.2, -0.15) is 0 Å². The second-order valence-electron chi connectivity index (χ2n) is 5.20. The van der Waals surface area contributed by atoms with E-state index in [1.54, 1.807) is 18.3 Å². The van der Waals surface area contributed by atoms with E-state index in [1.165, 1.54) is 0 Å². The van der Waals surface area contributed by atoms with Crippen LogP contribution in [-0.4, -0.2) is 39.8 Å². The van der Waals surface area contributed by atoms with E-state index >= 15 is 0 Å². The number of pyridine rings is 1. The molecule has 0 aromatic carbocycles. The van der Waals surface area contributed by atoms with E-state index < -0.39 is 5.60 Å². The van der Waals surface area contributed by atoms with E-state index in [1.807, 2.05) is 6.92 Å². The predicted octanol–water partition coefficient (Wildman–Crippen LogP) is 0.917. The van der Waals surface area contributed by atoms with Crippen LogP contribution in [0.5, 0.6) is 0 Å². The van der Waals surface area contributed by atoms with Gasteiger partial charge in [0.25, 0.3) is 0 Å². The smallest absolute Gasteiger partial charge is 0.173 e. The van der Waals surface area contributed by atoms with Crippen LogP contribution in [0.2, 0.25) is 0 Å². The zero-order valence-electron chi connectivity index (χ0n) is 11.1. The van der Waals surface area contributed by atoms with Crippen LogP contribution in [0.25, 0.3) is 0 Å². The molecule has 0 radical (unpaired) electrons. The molecule has 1 aliphatic rings. The average molecular weight is 264 g/mol. The van der Waals surface area contributed by atoms with Gasteiger partial charge in [-0.15, -0.1) is 0 Å². The SMILES string of the molecule is CC1(O)CCCN(c2ncccc2/C(N)=N/O)CC1. The third kappa shape index (κ3) is 3.14. The van der Waals surface area contributed by atoms with E-state index in [2.05, 4.69) is 15.0 Å². The molecule has 6 nitrogen and oxygen atoms in total. The molecular weight excluding hydrogens is 244 g/mol. The summed E-state index contributed by atoms with van der Waals surface area (Å²) < 4.78 is 0. The Morgan fingerprint density at radius 2 is 2.26 bits per heavy atom. The lowest BCUT2D eigenvalue weighted by Crippen LogP contribution is -2.30. The van der Waals surface area contributed by atoms with Crippen molar-refractivity contribution in [3.8, 4) is 0 Å². The van der Waals surface area contributed by atoms with Gasteiger partial charge in [0.2, 0.25) is 0 Å². The number of rotatable bonds is 2. The van der Waals surface area contributed by atoms with Gasteiger partial charge < -0.3 is 20.9 Å². The first-order valence-electron chi connectivity index (χ1n) is 6.44. The van der Waals surface area contributed by atoms with Gasteiger partial charge in [0.1, 0.15) is 5.82 Å². The van der Waals surface area contributed by atoms with Crippen molar-refractivity contribution in [2.24, 2.45) is 10.9 Å². The summed E-state index contributed by atoms with van der Waals surface area (Å²) in [5.74, 6) is 0.759. The molecule has 1 aromatic heterocycles. The summed E-state index contributed by atoms with van der Waals surface area (Å²) >= 11 is 0. The van der Waals surface area contributed by atoms with Crippen molar-refractivity contribution >= 4 is 11.7 Å². The molecule has 1 saturated heterocycles. The molecule has 0 saturated carbocycles. The number of nitrogens with two attached hydrogens (primary N) is 1. The molecule has 104 valence electrons. The molecule has 6 heteroatoms. The van der Waals surface area contributed by atoms with Crippen molar-refractivity contribution in [1.82, 2.24) is 4.98 Å². The molecule has 0 amide bonds. The van der Waals surface area contributed by atoms with Crippen LogP contribution in [0, 0.1) is 0 Å². The molecule has 1 unspecified atom stereocenters. The molecule has 4 N–H and O–H groups in total. The number of aromatic nitrogens is 1. The Balaban J connectivity index is 2.27. The molecule has 1 aliphatic heterocycles. The van der Waals surface area contributed by atoms with Crippen LogP contribution in [-0.2, 0) is 0 Å². The fourth-order valence-electron chi connectivity index (χ4n) is 2.38. The first-order chi connectivity index (χ1) is 9.03. The topological polar surface area (TPSA) is 95.0 Å². The van der Waals surface area contributed by atoms with Gasteiger partial charge in [0.15, 0.2) is 5.84 Å². The third-order valence-corrected chi connectivity index (χ3v) is 3.53. The number of hydrogen-bond donors (Lipinski definition) is 3. The highest BCUT2D eigenvalue weighted by atomic mass is 16.4. The second kappa shape index (κ2) is 5.44. The van der Waals surface area contributed by atoms with Gasteiger partial charge in [-0.25, -0.2) is 4.98 Å². The van der Waals surface area contributed by atoms with Gasteiger partial charge in [0.05, 0.1) is 11.2 Å². The molecule has 19 heavy (non-hydrogen) atoms. The number of aliphatic hydroxyl groups is 1. The fourth-order valence-corrected chi connectivity index (χ4v) is 2.38. The normalized spacial score (nSPS) is 25.2. The Hall–Kier alpha value is -1.82. The molecule has 0 aliphatic carbocycles. The van der Waals surface area contributed by atoms with E-state index in [0.29, 0.717) is 24.3 Å². The molecule has 1 atom stereocenters. The zero-order chi connectivity index (χ0) is 13.9. The first kappa shape index (κ1) is 13.6. The van der Waals surface area contributed by atoms with Crippen molar-refractivity contribution in [2.75, 3.05) is 18.0 Å². The fraction of sp³-hybridized carbons (Fsp3) is 0.538.